The molecule has 0 atom stereocenters. The standard InChI is InChI=1S/C20H20BrNO4/c21-16-3-7-18(8-4-16)26-13-19(24)22-11-9-15(10-12-22)20(25)14-1-5-17(23)6-2-14/h1-8,15,23H,9-13H2. The molecule has 1 heterocycles. The number of amides is 1. The molecule has 0 bridgehead atoms. The molecule has 1 amide bonds. The quantitative estimate of drug-likeness (QED) is 0.753. The Morgan fingerprint density at radius 1 is 1.04 bits per heavy atom. The van der Waals surface area contributed by atoms with Gasteiger partial charge in [0.1, 0.15) is 11.5 Å². The van der Waals surface area contributed by atoms with E-state index < -0.39 is 0 Å². The summed E-state index contributed by atoms with van der Waals surface area (Å²) in [6.45, 7) is 1.10. The maximum Gasteiger partial charge on any atom is 0.260 e. The first-order valence-corrected chi connectivity index (χ1v) is 9.31. The van der Waals surface area contributed by atoms with E-state index in [0.29, 0.717) is 37.2 Å². The van der Waals surface area contributed by atoms with Crippen molar-refractivity contribution in [2.24, 2.45) is 5.92 Å². The summed E-state index contributed by atoms with van der Waals surface area (Å²) in [4.78, 5) is 26.6. The fourth-order valence-electron chi connectivity index (χ4n) is 3.02. The Labute approximate surface area is 160 Å². The maximum atomic E-state index is 12.5. The van der Waals surface area contributed by atoms with Crippen molar-refractivity contribution in [3.63, 3.8) is 0 Å². The first-order chi connectivity index (χ1) is 12.5. The molecule has 1 N–H and O–H groups in total. The number of piperidine rings is 1. The number of phenols is 1. The minimum absolute atomic E-state index is 0.00178. The SMILES string of the molecule is O=C(c1ccc(O)cc1)C1CCN(C(=O)COc2ccc(Br)cc2)CC1. The molecular weight excluding hydrogens is 398 g/mol. The normalized spacial score (nSPS) is 14.9. The maximum absolute atomic E-state index is 12.5. The largest absolute Gasteiger partial charge is 0.508 e. The van der Waals surface area contributed by atoms with Crippen LogP contribution in [0.2, 0.25) is 0 Å². The van der Waals surface area contributed by atoms with E-state index in [1.54, 1.807) is 29.2 Å². The van der Waals surface area contributed by atoms with Crippen molar-refractivity contribution >= 4 is 27.6 Å². The highest BCUT2D eigenvalue weighted by Gasteiger charge is 2.28. The van der Waals surface area contributed by atoms with Gasteiger partial charge in [-0.25, -0.2) is 0 Å². The first kappa shape index (κ1) is 18.5. The monoisotopic (exact) mass is 417 g/mol. The molecule has 0 aliphatic carbocycles. The first-order valence-electron chi connectivity index (χ1n) is 8.52. The fraction of sp³-hybridized carbons (Fsp3) is 0.300. The molecule has 2 aromatic rings. The highest BCUT2D eigenvalue weighted by molar-refractivity contribution is 9.10. The number of ether oxygens (including phenoxy) is 1. The van der Waals surface area contributed by atoms with E-state index in [4.69, 9.17) is 4.74 Å². The fourth-order valence-corrected chi connectivity index (χ4v) is 3.28. The predicted octanol–water partition coefficient (Wildman–Crippen LogP) is 3.66. The van der Waals surface area contributed by atoms with Crippen molar-refractivity contribution in [1.82, 2.24) is 4.90 Å². The van der Waals surface area contributed by atoms with Crippen molar-refractivity contribution in [3.05, 3.63) is 58.6 Å². The lowest BCUT2D eigenvalue weighted by Gasteiger charge is -2.31. The number of halogens is 1. The second kappa shape index (κ2) is 8.36. The summed E-state index contributed by atoms with van der Waals surface area (Å²) in [5.74, 6) is 0.717. The second-order valence-corrected chi connectivity index (χ2v) is 7.22. The smallest absolute Gasteiger partial charge is 0.260 e. The summed E-state index contributed by atoms with van der Waals surface area (Å²) in [7, 11) is 0. The van der Waals surface area contributed by atoms with Gasteiger partial charge in [-0.1, -0.05) is 15.9 Å². The lowest BCUT2D eigenvalue weighted by Crippen LogP contribution is -2.42. The van der Waals surface area contributed by atoms with E-state index >= 15 is 0 Å². The zero-order chi connectivity index (χ0) is 18.5. The van der Waals surface area contributed by atoms with Gasteiger partial charge in [0.05, 0.1) is 0 Å². The average molecular weight is 418 g/mol. The molecule has 1 fully saturated rings. The molecule has 0 unspecified atom stereocenters. The number of Topliss-reactive ketones (excluding diaryl/α,β-unsaturated/α-hetero) is 1. The topological polar surface area (TPSA) is 66.8 Å². The van der Waals surface area contributed by atoms with E-state index in [-0.39, 0.29) is 30.0 Å². The minimum Gasteiger partial charge on any atom is -0.508 e. The molecular formula is C20H20BrNO4. The van der Waals surface area contributed by atoms with Crippen LogP contribution in [0.3, 0.4) is 0 Å². The molecule has 1 aliphatic heterocycles. The highest BCUT2D eigenvalue weighted by Crippen LogP contribution is 2.23. The molecule has 136 valence electrons. The minimum atomic E-state index is -0.0871. The van der Waals surface area contributed by atoms with Gasteiger partial charge in [0.15, 0.2) is 12.4 Å². The van der Waals surface area contributed by atoms with Crippen LogP contribution in [0.5, 0.6) is 11.5 Å². The number of likely N-dealkylation sites (tertiary alicyclic amines) is 1. The molecule has 0 spiro atoms. The molecule has 3 rings (SSSR count). The number of hydrogen-bond donors (Lipinski definition) is 1. The van der Waals surface area contributed by atoms with Crippen molar-refractivity contribution in [2.75, 3.05) is 19.7 Å². The van der Waals surface area contributed by atoms with Crippen LogP contribution in [0.4, 0.5) is 0 Å². The van der Waals surface area contributed by atoms with Gasteiger partial charge in [-0.15, -0.1) is 0 Å². The van der Waals surface area contributed by atoms with Crippen LogP contribution < -0.4 is 4.74 Å². The molecule has 1 aliphatic rings. The van der Waals surface area contributed by atoms with Crippen LogP contribution in [0, 0.1) is 5.92 Å². The Morgan fingerprint density at radius 3 is 2.27 bits per heavy atom. The van der Waals surface area contributed by atoms with Crippen LogP contribution in [0.1, 0.15) is 23.2 Å². The average Bonchev–Trinajstić information content (AvgIpc) is 2.67. The number of benzene rings is 2. The number of phenolic OH excluding ortho intramolecular Hbond substituents is 1. The van der Waals surface area contributed by atoms with Crippen LogP contribution in [0.25, 0.3) is 0 Å². The Kier molecular flexibility index (Phi) is 5.93. The molecule has 0 aromatic heterocycles. The number of ketones is 1. The van der Waals surface area contributed by atoms with E-state index in [9.17, 15) is 14.7 Å². The van der Waals surface area contributed by atoms with Crippen molar-refractivity contribution < 1.29 is 19.4 Å². The van der Waals surface area contributed by atoms with Gasteiger partial charge in [0.2, 0.25) is 0 Å². The number of nitrogens with zero attached hydrogens (tertiary/aromatic N) is 1. The molecule has 0 saturated carbocycles. The highest BCUT2D eigenvalue weighted by atomic mass is 79.9. The molecule has 26 heavy (non-hydrogen) atoms. The Morgan fingerprint density at radius 2 is 1.65 bits per heavy atom. The summed E-state index contributed by atoms with van der Waals surface area (Å²) < 4.78 is 6.48. The van der Waals surface area contributed by atoms with E-state index in [0.717, 1.165) is 4.47 Å². The molecule has 0 radical (unpaired) electrons. The van der Waals surface area contributed by atoms with Gasteiger partial charge >= 0.3 is 0 Å². The third kappa shape index (κ3) is 4.64. The van der Waals surface area contributed by atoms with Crippen LogP contribution >= 0.6 is 15.9 Å². The molecule has 1 saturated heterocycles. The number of rotatable bonds is 5. The number of hydrogen-bond acceptors (Lipinski definition) is 4. The third-order valence-corrected chi connectivity index (χ3v) is 5.07. The van der Waals surface area contributed by atoms with Crippen molar-refractivity contribution in [3.8, 4) is 11.5 Å². The van der Waals surface area contributed by atoms with Gasteiger partial charge in [0, 0.05) is 29.0 Å². The lowest BCUT2D eigenvalue weighted by molar-refractivity contribution is -0.134. The predicted molar refractivity (Wildman–Crippen MR) is 101 cm³/mol. The van der Waals surface area contributed by atoms with Gasteiger partial charge < -0.3 is 14.7 Å². The van der Waals surface area contributed by atoms with E-state index in [1.807, 2.05) is 12.1 Å². The Bertz CT molecular complexity index is 765. The van der Waals surface area contributed by atoms with Gasteiger partial charge in [-0.05, 0) is 61.4 Å². The lowest BCUT2D eigenvalue weighted by atomic mass is 9.89. The molecule has 6 heteroatoms. The van der Waals surface area contributed by atoms with E-state index in [2.05, 4.69) is 15.9 Å². The summed E-state index contributed by atoms with van der Waals surface area (Å²) in [5, 5.41) is 9.32. The van der Waals surface area contributed by atoms with Crippen molar-refractivity contribution in [1.29, 1.82) is 0 Å². The summed E-state index contributed by atoms with van der Waals surface area (Å²) >= 11 is 3.35. The second-order valence-electron chi connectivity index (χ2n) is 6.31. The third-order valence-electron chi connectivity index (χ3n) is 4.55. The number of carbonyl (C=O) groups is 2. The Hall–Kier alpha value is -2.34. The zero-order valence-electron chi connectivity index (χ0n) is 14.2. The Balaban J connectivity index is 1.48. The summed E-state index contributed by atoms with van der Waals surface area (Å²) in [6, 6.07) is 13.7. The number of aromatic hydroxyl groups is 1. The zero-order valence-corrected chi connectivity index (χ0v) is 15.8. The van der Waals surface area contributed by atoms with Crippen molar-refractivity contribution in [2.45, 2.75) is 12.8 Å². The molecule has 2 aromatic carbocycles. The van der Waals surface area contributed by atoms with Gasteiger partial charge in [-0.3, -0.25) is 9.59 Å². The summed E-state index contributed by atoms with van der Waals surface area (Å²) in [5.41, 5.74) is 0.603. The van der Waals surface area contributed by atoms with Crippen LogP contribution in [-0.2, 0) is 4.79 Å². The van der Waals surface area contributed by atoms with E-state index in [1.165, 1.54) is 12.1 Å². The summed E-state index contributed by atoms with van der Waals surface area (Å²) in [6.07, 6.45) is 1.29. The van der Waals surface area contributed by atoms with Gasteiger partial charge in [0.25, 0.3) is 5.91 Å². The van der Waals surface area contributed by atoms with Crippen LogP contribution in [-0.4, -0.2) is 41.4 Å². The molecule has 5 nitrogen and oxygen atoms in total. The van der Waals surface area contributed by atoms with Crippen LogP contribution in [0.15, 0.2) is 53.0 Å². The number of carbonyl (C=O) groups excluding carboxylic acids is 2. The van der Waals surface area contributed by atoms with Gasteiger partial charge in [-0.2, -0.15) is 0 Å².